The minimum Gasteiger partial charge on any atom is -0.504 e. The molecule has 0 fully saturated rings. The van der Waals surface area contributed by atoms with Crippen LogP contribution in [0.1, 0.15) is 17.2 Å². The highest BCUT2D eigenvalue weighted by Gasteiger charge is 2.22. The molecule has 0 radical (unpaired) electrons. The van der Waals surface area contributed by atoms with Crippen LogP contribution in [0.2, 0.25) is 0 Å². The highest BCUT2D eigenvalue weighted by atomic mass is 32.2. The predicted octanol–water partition coefficient (Wildman–Crippen LogP) is 3.69. The standard InChI is InChI=1S/C17H16N2O2S2/c20-14-7-10-5-6-18-13(11(10)8-15(14)21)9-22-17-19-12-3-1-2-4-16(12)23-17/h1-4,7-8,13,18,20-21H,5-6,9H2. The molecule has 23 heavy (non-hydrogen) atoms. The first-order valence-electron chi connectivity index (χ1n) is 7.47. The van der Waals surface area contributed by atoms with Crippen LogP contribution in [0.15, 0.2) is 40.7 Å². The van der Waals surface area contributed by atoms with Gasteiger partial charge in [-0.2, -0.15) is 0 Å². The van der Waals surface area contributed by atoms with Gasteiger partial charge in [-0.25, -0.2) is 4.98 Å². The van der Waals surface area contributed by atoms with Gasteiger partial charge in [0.1, 0.15) is 0 Å². The highest BCUT2D eigenvalue weighted by Crippen LogP contribution is 2.37. The summed E-state index contributed by atoms with van der Waals surface area (Å²) in [6, 6.07) is 11.7. The van der Waals surface area contributed by atoms with E-state index < -0.39 is 0 Å². The summed E-state index contributed by atoms with van der Waals surface area (Å²) in [5, 5.41) is 22.9. The van der Waals surface area contributed by atoms with Crippen molar-refractivity contribution in [2.75, 3.05) is 12.3 Å². The number of hydrogen-bond acceptors (Lipinski definition) is 6. The van der Waals surface area contributed by atoms with E-state index in [-0.39, 0.29) is 17.5 Å². The number of phenols is 2. The van der Waals surface area contributed by atoms with Gasteiger partial charge in [-0.1, -0.05) is 23.9 Å². The van der Waals surface area contributed by atoms with Crippen LogP contribution in [0.5, 0.6) is 11.5 Å². The average Bonchev–Trinajstić information content (AvgIpc) is 2.97. The van der Waals surface area contributed by atoms with Crippen molar-refractivity contribution in [1.29, 1.82) is 0 Å². The third kappa shape index (κ3) is 2.89. The molecule has 0 aliphatic carbocycles. The van der Waals surface area contributed by atoms with Gasteiger partial charge in [0.15, 0.2) is 15.8 Å². The summed E-state index contributed by atoms with van der Waals surface area (Å²) >= 11 is 3.43. The molecule has 1 unspecified atom stereocenters. The minimum atomic E-state index is -0.0533. The summed E-state index contributed by atoms with van der Waals surface area (Å²) in [5.41, 5.74) is 3.22. The van der Waals surface area contributed by atoms with Crippen LogP contribution in [0.25, 0.3) is 10.2 Å². The molecule has 0 spiro atoms. The summed E-state index contributed by atoms with van der Waals surface area (Å²) in [5.74, 6) is 0.752. The average molecular weight is 344 g/mol. The maximum Gasteiger partial charge on any atom is 0.157 e. The number of phenolic OH excluding ortho intramolecular Hbond substituents is 2. The molecule has 3 N–H and O–H groups in total. The van der Waals surface area contributed by atoms with Crippen LogP contribution in [0, 0.1) is 0 Å². The van der Waals surface area contributed by atoms with Gasteiger partial charge in [-0.3, -0.25) is 0 Å². The number of nitrogens with zero attached hydrogens (tertiary/aromatic N) is 1. The molecule has 0 saturated carbocycles. The zero-order valence-corrected chi connectivity index (χ0v) is 14.0. The molecule has 3 aromatic rings. The minimum absolute atomic E-state index is 0.0387. The van der Waals surface area contributed by atoms with Crippen molar-refractivity contribution in [1.82, 2.24) is 10.3 Å². The smallest absolute Gasteiger partial charge is 0.157 e. The van der Waals surface area contributed by atoms with E-state index in [2.05, 4.69) is 16.4 Å². The number of aromatic nitrogens is 1. The predicted molar refractivity (Wildman–Crippen MR) is 94.6 cm³/mol. The Morgan fingerprint density at radius 1 is 1.22 bits per heavy atom. The van der Waals surface area contributed by atoms with Crippen molar-refractivity contribution < 1.29 is 10.2 Å². The van der Waals surface area contributed by atoms with Crippen molar-refractivity contribution in [3.63, 3.8) is 0 Å². The zero-order valence-electron chi connectivity index (χ0n) is 12.3. The third-order valence-corrected chi connectivity index (χ3v) is 6.32. The molecule has 2 aromatic carbocycles. The van der Waals surface area contributed by atoms with Crippen LogP contribution in [0.3, 0.4) is 0 Å². The van der Waals surface area contributed by atoms with Crippen molar-refractivity contribution in [2.45, 2.75) is 16.8 Å². The Morgan fingerprint density at radius 3 is 2.91 bits per heavy atom. The first-order chi connectivity index (χ1) is 11.2. The number of para-hydroxylation sites is 1. The second kappa shape index (κ2) is 6.03. The molecule has 2 heterocycles. The third-order valence-electron chi connectivity index (χ3n) is 4.04. The van der Waals surface area contributed by atoms with E-state index in [1.54, 1.807) is 35.2 Å². The van der Waals surface area contributed by atoms with E-state index in [0.717, 1.165) is 39.7 Å². The Hall–Kier alpha value is -1.76. The van der Waals surface area contributed by atoms with Crippen molar-refractivity contribution >= 4 is 33.3 Å². The second-order valence-electron chi connectivity index (χ2n) is 5.55. The Morgan fingerprint density at radius 2 is 2.04 bits per heavy atom. The molecule has 4 nitrogen and oxygen atoms in total. The molecule has 1 atom stereocenters. The van der Waals surface area contributed by atoms with Gasteiger partial charge in [0, 0.05) is 11.8 Å². The van der Waals surface area contributed by atoms with Gasteiger partial charge in [0.2, 0.25) is 0 Å². The molecule has 1 aromatic heterocycles. The van der Waals surface area contributed by atoms with Crippen LogP contribution >= 0.6 is 23.1 Å². The van der Waals surface area contributed by atoms with Crippen LogP contribution in [-0.2, 0) is 6.42 Å². The normalized spacial score (nSPS) is 17.3. The van der Waals surface area contributed by atoms with Gasteiger partial charge in [0.25, 0.3) is 0 Å². The Kier molecular flexibility index (Phi) is 3.88. The number of hydrogen-bond donors (Lipinski definition) is 3. The lowest BCUT2D eigenvalue weighted by atomic mass is 9.94. The molecule has 1 aliphatic rings. The van der Waals surface area contributed by atoms with Gasteiger partial charge in [-0.05, 0) is 48.4 Å². The van der Waals surface area contributed by atoms with Gasteiger partial charge in [0.05, 0.1) is 10.2 Å². The van der Waals surface area contributed by atoms with E-state index >= 15 is 0 Å². The number of aromatic hydroxyl groups is 2. The number of thiazole rings is 1. The van der Waals surface area contributed by atoms with E-state index in [1.807, 2.05) is 18.2 Å². The second-order valence-corrected chi connectivity index (χ2v) is 7.85. The van der Waals surface area contributed by atoms with E-state index in [9.17, 15) is 10.2 Å². The lowest BCUT2D eigenvalue weighted by molar-refractivity contribution is 0.400. The number of rotatable bonds is 3. The van der Waals surface area contributed by atoms with Gasteiger partial charge < -0.3 is 15.5 Å². The summed E-state index contributed by atoms with van der Waals surface area (Å²) in [4.78, 5) is 4.65. The molecular formula is C17H16N2O2S2. The van der Waals surface area contributed by atoms with Crippen molar-refractivity contribution in [2.24, 2.45) is 0 Å². The van der Waals surface area contributed by atoms with E-state index in [0.29, 0.717) is 0 Å². The Labute approximate surface area is 142 Å². The quantitative estimate of drug-likeness (QED) is 0.499. The molecule has 0 saturated heterocycles. The summed E-state index contributed by atoms with van der Waals surface area (Å²) in [6.45, 7) is 0.877. The van der Waals surface area contributed by atoms with E-state index in [4.69, 9.17) is 0 Å². The van der Waals surface area contributed by atoms with Crippen LogP contribution < -0.4 is 5.32 Å². The first-order valence-corrected chi connectivity index (χ1v) is 9.27. The number of nitrogens with one attached hydrogen (secondary N) is 1. The summed E-state index contributed by atoms with van der Waals surface area (Å²) < 4.78 is 2.26. The van der Waals surface area contributed by atoms with Gasteiger partial charge in [-0.15, -0.1) is 11.3 Å². The largest absolute Gasteiger partial charge is 0.504 e. The topological polar surface area (TPSA) is 65.4 Å². The monoisotopic (exact) mass is 344 g/mol. The molecule has 6 heteroatoms. The fraction of sp³-hybridized carbons (Fsp3) is 0.235. The Bertz CT molecular complexity index is 830. The fourth-order valence-electron chi connectivity index (χ4n) is 2.88. The number of benzene rings is 2. The van der Waals surface area contributed by atoms with Crippen molar-refractivity contribution in [3.8, 4) is 11.5 Å². The van der Waals surface area contributed by atoms with Crippen LogP contribution in [0.4, 0.5) is 0 Å². The fourth-order valence-corrected chi connectivity index (χ4v) is 5.06. The zero-order chi connectivity index (χ0) is 15.8. The molecule has 0 bridgehead atoms. The number of thioether (sulfide) groups is 1. The summed E-state index contributed by atoms with van der Waals surface area (Å²) in [7, 11) is 0. The number of fused-ring (bicyclic) bond motifs is 2. The molecular weight excluding hydrogens is 328 g/mol. The van der Waals surface area contributed by atoms with Gasteiger partial charge >= 0.3 is 0 Å². The lowest BCUT2D eigenvalue weighted by Crippen LogP contribution is -2.31. The lowest BCUT2D eigenvalue weighted by Gasteiger charge is -2.26. The Balaban J connectivity index is 1.55. The SMILES string of the molecule is Oc1cc2c(cc1O)C(CSc1nc3ccccc3s1)NCC2. The van der Waals surface area contributed by atoms with Crippen molar-refractivity contribution in [3.05, 3.63) is 47.5 Å². The molecule has 0 amide bonds. The highest BCUT2D eigenvalue weighted by molar-refractivity contribution is 8.01. The van der Waals surface area contributed by atoms with Crippen LogP contribution in [-0.4, -0.2) is 27.5 Å². The van der Waals surface area contributed by atoms with E-state index in [1.165, 1.54) is 4.70 Å². The maximum absolute atomic E-state index is 9.78. The maximum atomic E-state index is 9.78. The molecule has 4 rings (SSSR count). The first kappa shape index (κ1) is 14.8. The molecule has 118 valence electrons. The molecule has 1 aliphatic heterocycles. The summed E-state index contributed by atoms with van der Waals surface area (Å²) in [6.07, 6.45) is 0.867.